The number of rotatable bonds is 2. The van der Waals surface area contributed by atoms with Crippen LogP contribution < -0.4 is 5.32 Å². The number of cyclic esters (lactones) is 1. The summed E-state index contributed by atoms with van der Waals surface area (Å²) in [6, 6.07) is 12.4. The van der Waals surface area contributed by atoms with Crippen LogP contribution in [-0.4, -0.2) is 17.5 Å². The third-order valence-electron chi connectivity index (χ3n) is 4.01. The summed E-state index contributed by atoms with van der Waals surface area (Å²) < 4.78 is 5.42. The van der Waals surface area contributed by atoms with Gasteiger partial charge in [0.05, 0.1) is 5.56 Å². The molecule has 0 radical (unpaired) electrons. The zero-order valence-electron chi connectivity index (χ0n) is 12.9. The van der Waals surface area contributed by atoms with Crippen molar-refractivity contribution in [2.24, 2.45) is 0 Å². The molecule has 23 heavy (non-hydrogen) atoms. The molecular weight excluding hydrogens is 314 g/mol. The molecule has 0 spiro atoms. The maximum atomic E-state index is 12.7. The van der Waals surface area contributed by atoms with Gasteiger partial charge in [-0.25, -0.2) is 4.79 Å². The van der Waals surface area contributed by atoms with Crippen LogP contribution in [0.5, 0.6) is 0 Å². The molecule has 2 aromatic carbocycles. The quantitative estimate of drug-likeness (QED) is 0.853. The molecule has 1 aliphatic heterocycles. The summed E-state index contributed by atoms with van der Waals surface area (Å²) >= 11 is 5.97. The van der Waals surface area contributed by atoms with E-state index in [1.54, 1.807) is 31.2 Å². The molecule has 118 valence electrons. The number of ether oxygens (including phenoxy) is 1. The van der Waals surface area contributed by atoms with E-state index in [2.05, 4.69) is 5.32 Å². The Hall–Kier alpha value is -2.33. The fraction of sp³-hybridized carbons (Fsp3) is 0.222. The molecule has 0 fully saturated rings. The Morgan fingerprint density at radius 3 is 2.78 bits per heavy atom. The second-order valence-electron chi connectivity index (χ2n) is 5.87. The highest BCUT2D eigenvalue weighted by atomic mass is 35.5. The molecule has 1 N–H and O–H groups in total. The van der Waals surface area contributed by atoms with Crippen LogP contribution in [-0.2, 0) is 16.0 Å². The summed E-state index contributed by atoms with van der Waals surface area (Å²) in [4.78, 5) is 24.8. The fourth-order valence-electron chi connectivity index (χ4n) is 2.64. The molecule has 3 rings (SSSR count). The number of anilines is 1. The minimum absolute atomic E-state index is 0.334. The number of benzene rings is 2. The van der Waals surface area contributed by atoms with Crippen molar-refractivity contribution in [3.8, 4) is 0 Å². The van der Waals surface area contributed by atoms with Crippen LogP contribution in [0, 0.1) is 6.92 Å². The molecule has 1 atom stereocenters. The molecular formula is C18H16ClNO3. The van der Waals surface area contributed by atoms with Crippen LogP contribution in [0.1, 0.15) is 28.4 Å². The maximum Gasteiger partial charge on any atom is 0.339 e. The van der Waals surface area contributed by atoms with E-state index in [4.69, 9.17) is 16.3 Å². The number of aryl methyl sites for hydroxylation is 1. The van der Waals surface area contributed by atoms with Gasteiger partial charge in [0.25, 0.3) is 5.91 Å². The van der Waals surface area contributed by atoms with E-state index in [0.29, 0.717) is 22.7 Å². The van der Waals surface area contributed by atoms with Crippen molar-refractivity contribution in [2.45, 2.75) is 25.9 Å². The van der Waals surface area contributed by atoms with Crippen LogP contribution in [0.4, 0.5) is 5.69 Å². The van der Waals surface area contributed by atoms with Crippen LogP contribution >= 0.6 is 11.6 Å². The smallest absolute Gasteiger partial charge is 0.339 e. The van der Waals surface area contributed by atoms with E-state index in [1.165, 1.54) is 0 Å². The number of amides is 1. The Bertz CT molecular complexity index is 803. The number of halogens is 1. The number of carbonyl (C=O) groups excluding carboxylic acids is 2. The first-order chi connectivity index (χ1) is 10.9. The van der Waals surface area contributed by atoms with Gasteiger partial charge in [-0.15, -0.1) is 0 Å². The van der Waals surface area contributed by atoms with Crippen molar-refractivity contribution in [3.05, 3.63) is 64.2 Å². The van der Waals surface area contributed by atoms with Gasteiger partial charge in [0.1, 0.15) is 0 Å². The molecule has 5 heteroatoms. The molecule has 0 aromatic heterocycles. The summed E-state index contributed by atoms with van der Waals surface area (Å²) in [6.07, 6.45) is 0.334. The van der Waals surface area contributed by atoms with Crippen LogP contribution in [0.25, 0.3) is 0 Å². The molecule has 0 saturated heterocycles. The molecule has 1 aliphatic rings. The average Bonchev–Trinajstić information content (AvgIpc) is 2.51. The molecule has 2 aromatic rings. The van der Waals surface area contributed by atoms with Crippen LogP contribution in [0.2, 0.25) is 5.02 Å². The minimum atomic E-state index is -1.25. The Morgan fingerprint density at radius 2 is 2.00 bits per heavy atom. The standard InChI is InChI=1S/C18H16ClNO3/c1-11-7-8-13(19)9-15(11)20-17(22)18(2)10-12-5-3-4-6-14(12)16(21)23-18/h3-9H,10H2,1-2H3,(H,20,22)/t18-/m0/s1. The molecule has 4 nitrogen and oxygen atoms in total. The van der Waals surface area contributed by atoms with Gasteiger partial charge in [-0.1, -0.05) is 35.9 Å². The lowest BCUT2D eigenvalue weighted by Crippen LogP contribution is -2.49. The first-order valence-electron chi connectivity index (χ1n) is 7.28. The summed E-state index contributed by atoms with van der Waals surface area (Å²) in [6.45, 7) is 3.49. The van der Waals surface area contributed by atoms with Gasteiger partial charge in [-0.05, 0) is 43.2 Å². The zero-order chi connectivity index (χ0) is 16.6. The number of carbonyl (C=O) groups is 2. The van der Waals surface area contributed by atoms with E-state index in [9.17, 15) is 9.59 Å². The number of esters is 1. The Kier molecular flexibility index (Phi) is 3.86. The summed E-state index contributed by atoms with van der Waals surface area (Å²) in [5, 5.41) is 3.34. The van der Waals surface area contributed by atoms with E-state index in [1.807, 2.05) is 25.1 Å². The van der Waals surface area contributed by atoms with Gasteiger partial charge in [0.2, 0.25) is 0 Å². The van der Waals surface area contributed by atoms with E-state index in [-0.39, 0.29) is 5.91 Å². The van der Waals surface area contributed by atoms with Crippen molar-refractivity contribution in [1.82, 2.24) is 0 Å². The van der Waals surface area contributed by atoms with E-state index < -0.39 is 11.6 Å². The second kappa shape index (κ2) is 5.70. The predicted octanol–water partition coefficient (Wildman–Crippen LogP) is 3.76. The average molecular weight is 330 g/mol. The van der Waals surface area contributed by atoms with Crippen LogP contribution in [0.15, 0.2) is 42.5 Å². The lowest BCUT2D eigenvalue weighted by Gasteiger charge is -2.33. The molecule has 1 heterocycles. The maximum absolute atomic E-state index is 12.7. The van der Waals surface area contributed by atoms with Gasteiger partial charge >= 0.3 is 5.97 Å². The third-order valence-corrected chi connectivity index (χ3v) is 4.25. The minimum Gasteiger partial charge on any atom is -0.445 e. The zero-order valence-corrected chi connectivity index (χ0v) is 13.6. The SMILES string of the molecule is Cc1ccc(Cl)cc1NC(=O)[C@]1(C)Cc2ccccc2C(=O)O1. The highest BCUT2D eigenvalue weighted by Crippen LogP contribution is 2.30. The Morgan fingerprint density at radius 1 is 1.26 bits per heavy atom. The van der Waals surface area contributed by atoms with Crippen LogP contribution in [0.3, 0.4) is 0 Å². The van der Waals surface area contributed by atoms with Gasteiger partial charge in [-0.2, -0.15) is 0 Å². The van der Waals surface area contributed by atoms with Gasteiger partial charge in [0.15, 0.2) is 5.60 Å². The van der Waals surface area contributed by atoms with Crippen molar-refractivity contribution in [1.29, 1.82) is 0 Å². The monoisotopic (exact) mass is 329 g/mol. The molecule has 0 unspecified atom stereocenters. The number of hydrogen-bond donors (Lipinski definition) is 1. The number of nitrogens with one attached hydrogen (secondary N) is 1. The van der Waals surface area contributed by atoms with Crippen molar-refractivity contribution in [2.75, 3.05) is 5.32 Å². The van der Waals surface area contributed by atoms with Gasteiger partial charge in [-0.3, -0.25) is 4.79 Å². The normalized spacial score (nSPS) is 19.7. The number of fused-ring (bicyclic) bond motifs is 1. The molecule has 0 saturated carbocycles. The molecule has 1 amide bonds. The molecule has 0 bridgehead atoms. The summed E-state index contributed by atoms with van der Waals surface area (Å²) in [5.74, 6) is -0.849. The lowest BCUT2D eigenvalue weighted by molar-refractivity contribution is -0.134. The van der Waals surface area contributed by atoms with Crippen molar-refractivity contribution < 1.29 is 14.3 Å². The molecule has 0 aliphatic carbocycles. The highest BCUT2D eigenvalue weighted by molar-refractivity contribution is 6.31. The highest BCUT2D eigenvalue weighted by Gasteiger charge is 2.42. The Labute approximate surface area is 139 Å². The van der Waals surface area contributed by atoms with E-state index in [0.717, 1.165) is 11.1 Å². The summed E-state index contributed by atoms with van der Waals surface area (Å²) in [5.41, 5.74) is 1.56. The van der Waals surface area contributed by atoms with Gasteiger partial charge < -0.3 is 10.1 Å². The Balaban J connectivity index is 1.88. The lowest BCUT2D eigenvalue weighted by atomic mass is 9.89. The third kappa shape index (κ3) is 2.94. The largest absolute Gasteiger partial charge is 0.445 e. The second-order valence-corrected chi connectivity index (χ2v) is 6.30. The van der Waals surface area contributed by atoms with Crippen molar-refractivity contribution in [3.63, 3.8) is 0 Å². The first-order valence-corrected chi connectivity index (χ1v) is 7.66. The van der Waals surface area contributed by atoms with Gasteiger partial charge in [0, 0.05) is 17.1 Å². The van der Waals surface area contributed by atoms with E-state index >= 15 is 0 Å². The number of hydrogen-bond acceptors (Lipinski definition) is 3. The topological polar surface area (TPSA) is 55.4 Å². The predicted molar refractivity (Wildman–Crippen MR) is 88.8 cm³/mol. The fourth-order valence-corrected chi connectivity index (χ4v) is 2.81. The summed E-state index contributed by atoms with van der Waals surface area (Å²) in [7, 11) is 0. The van der Waals surface area contributed by atoms with Crippen molar-refractivity contribution >= 4 is 29.2 Å². The first kappa shape index (κ1) is 15.6.